The van der Waals surface area contributed by atoms with E-state index in [-0.39, 0.29) is 5.78 Å². The molecule has 0 bridgehead atoms. The second-order valence-electron chi connectivity index (χ2n) is 4.52. The van der Waals surface area contributed by atoms with Crippen molar-refractivity contribution in [3.8, 4) is 0 Å². The van der Waals surface area contributed by atoms with Gasteiger partial charge in [-0.05, 0) is 30.2 Å². The van der Waals surface area contributed by atoms with Gasteiger partial charge in [0.05, 0.1) is 5.54 Å². The van der Waals surface area contributed by atoms with Crippen molar-refractivity contribution < 1.29 is 4.79 Å². The summed E-state index contributed by atoms with van der Waals surface area (Å²) >= 11 is 0. The molecular weight excluding hydrogens is 224 g/mol. The SMILES string of the molecule is CC(N)(C(=O)Cc1ccncc1)c1ccccc1. The van der Waals surface area contributed by atoms with E-state index in [0.717, 1.165) is 11.1 Å². The van der Waals surface area contributed by atoms with E-state index in [1.54, 1.807) is 19.3 Å². The number of ketones is 1. The maximum atomic E-state index is 12.3. The third kappa shape index (κ3) is 2.63. The Hall–Kier alpha value is -2.00. The number of nitrogens with zero attached hydrogens (tertiary/aromatic N) is 1. The fraction of sp³-hybridized carbons (Fsp3) is 0.200. The summed E-state index contributed by atoms with van der Waals surface area (Å²) in [4.78, 5) is 16.2. The number of rotatable bonds is 4. The summed E-state index contributed by atoms with van der Waals surface area (Å²) < 4.78 is 0. The third-order valence-electron chi connectivity index (χ3n) is 3.07. The van der Waals surface area contributed by atoms with Crippen molar-refractivity contribution >= 4 is 5.78 Å². The molecule has 0 aliphatic heterocycles. The molecule has 0 saturated carbocycles. The number of carbonyl (C=O) groups excluding carboxylic acids is 1. The number of aromatic nitrogens is 1. The maximum Gasteiger partial charge on any atom is 0.161 e. The zero-order chi connectivity index (χ0) is 13.0. The molecule has 0 radical (unpaired) electrons. The van der Waals surface area contributed by atoms with E-state index >= 15 is 0 Å². The molecule has 1 aromatic heterocycles. The van der Waals surface area contributed by atoms with Crippen molar-refractivity contribution in [3.63, 3.8) is 0 Å². The predicted octanol–water partition coefficient (Wildman–Crippen LogP) is 2.07. The second-order valence-corrected chi connectivity index (χ2v) is 4.52. The largest absolute Gasteiger partial charge is 0.315 e. The monoisotopic (exact) mass is 240 g/mol. The Labute approximate surface area is 107 Å². The van der Waals surface area contributed by atoms with Crippen LogP contribution >= 0.6 is 0 Å². The van der Waals surface area contributed by atoms with Gasteiger partial charge in [0.25, 0.3) is 0 Å². The highest BCUT2D eigenvalue weighted by atomic mass is 16.1. The number of Topliss-reactive ketones (excluding diaryl/α,β-unsaturated/α-hetero) is 1. The van der Waals surface area contributed by atoms with Gasteiger partial charge < -0.3 is 5.73 Å². The molecule has 0 aliphatic carbocycles. The summed E-state index contributed by atoms with van der Waals surface area (Å²) in [5.74, 6) is -0.0000926. The molecule has 0 amide bonds. The fourth-order valence-electron chi connectivity index (χ4n) is 1.82. The van der Waals surface area contributed by atoms with Crippen molar-refractivity contribution in [3.05, 3.63) is 66.0 Å². The zero-order valence-corrected chi connectivity index (χ0v) is 10.3. The quantitative estimate of drug-likeness (QED) is 0.890. The van der Waals surface area contributed by atoms with Crippen LogP contribution in [0.1, 0.15) is 18.1 Å². The van der Waals surface area contributed by atoms with Crippen molar-refractivity contribution in [1.82, 2.24) is 4.98 Å². The molecule has 1 unspecified atom stereocenters. The molecule has 92 valence electrons. The Bertz CT molecular complexity index is 521. The molecule has 0 aliphatic rings. The summed E-state index contributed by atoms with van der Waals surface area (Å²) in [5.41, 5.74) is 6.98. The van der Waals surface area contributed by atoms with E-state index in [1.165, 1.54) is 0 Å². The van der Waals surface area contributed by atoms with Crippen LogP contribution in [0.4, 0.5) is 0 Å². The van der Waals surface area contributed by atoms with E-state index in [4.69, 9.17) is 5.73 Å². The summed E-state index contributed by atoms with van der Waals surface area (Å²) in [7, 11) is 0. The van der Waals surface area contributed by atoms with Gasteiger partial charge in [0.15, 0.2) is 5.78 Å². The lowest BCUT2D eigenvalue weighted by Gasteiger charge is -2.23. The smallest absolute Gasteiger partial charge is 0.161 e. The lowest BCUT2D eigenvalue weighted by molar-refractivity contribution is -0.123. The Morgan fingerprint density at radius 2 is 1.78 bits per heavy atom. The predicted molar refractivity (Wildman–Crippen MR) is 70.9 cm³/mol. The second kappa shape index (κ2) is 5.10. The Morgan fingerprint density at radius 1 is 1.17 bits per heavy atom. The minimum Gasteiger partial charge on any atom is -0.315 e. The van der Waals surface area contributed by atoms with Crippen molar-refractivity contribution in [2.24, 2.45) is 5.73 Å². The van der Waals surface area contributed by atoms with Gasteiger partial charge in [0, 0.05) is 18.8 Å². The molecule has 0 spiro atoms. The van der Waals surface area contributed by atoms with Gasteiger partial charge >= 0.3 is 0 Å². The standard InChI is InChI=1S/C15H16N2O/c1-15(16,13-5-3-2-4-6-13)14(18)11-12-7-9-17-10-8-12/h2-10H,11,16H2,1H3. The van der Waals surface area contributed by atoms with Crippen LogP contribution in [-0.4, -0.2) is 10.8 Å². The van der Waals surface area contributed by atoms with Crippen molar-refractivity contribution in [1.29, 1.82) is 0 Å². The summed E-state index contributed by atoms with van der Waals surface area (Å²) in [6.45, 7) is 1.76. The van der Waals surface area contributed by atoms with Crippen LogP contribution in [0.5, 0.6) is 0 Å². The van der Waals surface area contributed by atoms with Crippen LogP contribution in [0.25, 0.3) is 0 Å². The number of nitrogens with two attached hydrogens (primary N) is 1. The summed E-state index contributed by atoms with van der Waals surface area (Å²) in [6.07, 6.45) is 3.68. The zero-order valence-electron chi connectivity index (χ0n) is 10.3. The highest BCUT2D eigenvalue weighted by Crippen LogP contribution is 2.20. The van der Waals surface area contributed by atoms with Gasteiger partial charge in [-0.3, -0.25) is 9.78 Å². The molecule has 1 heterocycles. The van der Waals surface area contributed by atoms with Gasteiger partial charge in [-0.25, -0.2) is 0 Å². The third-order valence-corrected chi connectivity index (χ3v) is 3.07. The van der Waals surface area contributed by atoms with Gasteiger partial charge in [-0.15, -0.1) is 0 Å². The maximum absolute atomic E-state index is 12.3. The van der Waals surface area contributed by atoms with Crippen LogP contribution in [0, 0.1) is 0 Å². The van der Waals surface area contributed by atoms with Crippen molar-refractivity contribution in [2.45, 2.75) is 18.9 Å². The molecule has 2 aromatic rings. The highest BCUT2D eigenvalue weighted by molar-refractivity contribution is 5.90. The Kier molecular flexibility index (Phi) is 3.53. The van der Waals surface area contributed by atoms with Gasteiger partial charge in [0.1, 0.15) is 0 Å². The van der Waals surface area contributed by atoms with Crippen LogP contribution in [0.2, 0.25) is 0 Å². The first-order chi connectivity index (χ1) is 8.60. The molecule has 1 atom stereocenters. The van der Waals surface area contributed by atoms with Crippen molar-refractivity contribution in [2.75, 3.05) is 0 Å². The Morgan fingerprint density at radius 3 is 2.39 bits per heavy atom. The molecule has 18 heavy (non-hydrogen) atoms. The Balaban J connectivity index is 2.18. The first-order valence-electron chi connectivity index (χ1n) is 5.87. The van der Waals surface area contributed by atoms with E-state index in [0.29, 0.717) is 6.42 Å². The number of pyridine rings is 1. The number of benzene rings is 1. The van der Waals surface area contributed by atoms with Gasteiger partial charge in [0.2, 0.25) is 0 Å². The van der Waals surface area contributed by atoms with Gasteiger partial charge in [-0.2, -0.15) is 0 Å². The van der Waals surface area contributed by atoms with E-state index in [2.05, 4.69) is 4.98 Å². The molecule has 0 fully saturated rings. The minimum atomic E-state index is -0.954. The molecule has 2 rings (SSSR count). The first-order valence-corrected chi connectivity index (χ1v) is 5.87. The highest BCUT2D eigenvalue weighted by Gasteiger charge is 2.29. The fourth-order valence-corrected chi connectivity index (χ4v) is 1.82. The molecular formula is C15H16N2O. The molecule has 3 nitrogen and oxygen atoms in total. The van der Waals surface area contributed by atoms with Gasteiger partial charge in [-0.1, -0.05) is 30.3 Å². The number of carbonyl (C=O) groups is 1. The van der Waals surface area contributed by atoms with E-state index < -0.39 is 5.54 Å². The minimum absolute atomic E-state index is 0.0000926. The van der Waals surface area contributed by atoms with E-state index in [1.807, 2.05) is 42.5 Å². The molecule has 3 heteroatoms. The average Bonchev–Trinajstić information content (AvgIpc) is 2.41. The average molecular weight is 240 g/mol. The van der Waals surface area contributed by atoms with Crippen LogP contribution in [-0.2, 0) is 16.8 Å². The van der Waals surface area contributed by atoms with Crippen LogP contribution < -0.4 is 5.73 Å². The number of hydrogen-bond acceptors (Lipinski definition) is 3. The molecule has 0 saturated heterocycles. The van der Waals surface area contributed by atoms with E-state index in [9.17, 15) is 4.79 Å². The normalized spacial score (nSPS) is 13.9. The first kappa shape index (κ1) is 12.5. The number of hydrogen-bond donors (Lipinski definition) is 1. The summed E-state index contributed by atoms with van der Waals surface area (Å²) in [6, 6.07) is 13.1. The lowest BCUT2D eigenvalue weighted by atomic mass is 9.86. The molecule has 1 aromatic carbocycles. The van der Waals surface area contributed by atoms with Crippen LogP contribution in [0.15, 0.2) is 54.9 Å². The van der Waals surface area contributed by atoms with Crippen LogP contribution in [0.3, 0.4) is 0 Å². The summed E-state index contributed by atoms with van der Waals surface area (Å²) in [5, 5.41) is 0. The lowest BCUT2D eigenvalue weighted by Crippen LogP contribution is -2.42. The molecule has 2 N–H and O–H groups in total. The topological polar surface area (TPSA) is 56.0 Å².